The maximum atomic E-state index is 12.0. The minimum atomic E-state index is -0.258. The number of hydrogen-bond acceptors (Lipinski definition) is 3. The first-order chi connectivity index (χ1) is 11.9. The molecule has 0 atom stereocenters. The number of carbonyl (C=O) groups excluding carboxylic acids is 2. The first-order valence-corrected chi connectivity index (χ1v) is 9.14. The van der Waals surface area contributed by atoms with Gasteiger partial charge in [0.05, 0.1) is 5.75 Å². The van der Waals surface area contributed by atoms with Gasteiger partial charge in [-0.3, -0.25) is 4.79 Å². The van der Waals surface area contributed by atoms with Gasteiger partial charge in [-0.1, -0.05) is 11.6 Å². The first-order valence-electron chi connectivity index (χ1n) is 7.78. The van der Waals surface area contributed by atoms with Crippen LogP contribution in [0.3, 0.4) is 0 Å². The van der Waals surface area contributed by atoms with E-state index >= 15 is 0 Å². The Kier molecular flexibility index (Phi) is 7.16. The third-order valence-corrected chi connectivity index (χ3v) is 4.29. The second-order valence-electron chi connectivity index (χ2n) is 5.62. The van der Waals surface area contributed by atoms with E-state index in [0.717, 1.165) is 4.90 Å². The van der Waals surface area contributed by atoms with Crippen molar-refractivity contribution in [3.63, 3.8) is 0 Å². The lowest BCUT2D eigenvalue weighted by Crippen LogP contribution is -2.34. The minimum Gasteiger partial charge on any atom is -0.336 e. The van der Waals surface area contributed by atoms with Gasteiger partial charge >= 0.3 is 6.03 Å². The van der Waals surface area contributed by atoms with Crippen LogP contribution in [-0.4, -0.2) is 23.7 Å². The number of amides is 3. The monoisotopic (exact) mass is 377 g/mol. The quantitative estimate of drug-likeness (QED) is 0.644. The van der Waals surface area contributed by atoms with Gasteiger partial charge in [-0.05, 0) is 62.4 Å². The van der Waals surface area contributed by atoms with E-state index in [1.807, 2.05) is 26.0 Å². The van der Waals surface area contributed by atoms with Crippen LogP contribution < -0.4 is 16.0 Å². The highest BCUT2D eigenvalue weighted by Gasteiger charge is 2.06. The van der Waals surface area contributed by atoms with E-state index in [1.54, 1.807) is 36.4 Å². The highest BCUT2D eigenvalue weighted by atomic mass is 35.5. The molecule has 0 aliphatic rings. The second kappa shape index (κ2) is 9.34. The van der Waals surface area contributed by atoms with Crippen molar-refractivity contribution in [2.24, 2.45) is 0 Å². The largest absolute Gasteiger partial charge is 0.336 e. The number of urea groups is 1. The lowest BCUT2D eigenvalue weighted by molar-refractivity contribution is -0.113. The number of carbonyl (C=O) groups is 2. The molecule has 0 fully saturated rings. The Balaban J connectivity index is 1.80. The molecule has 0 saturated carbocycles. The number of rotatable bonds is 6. The van der Waals surface area contributed by atoms with Gasteiger partial charge in [-0.2, -0.15) is 0 Å². The summed E-state index contributed by atoms with van der Waals surface area (Å²) >= 11 is 7.27. The van der Waals surface area contributed by atoms with Crippen molar-refractivity contribution in [2.45, 2.75) is 24.8 Å². The summed E-state index contributed by atoms with van der Waals surface area (Å²) in [5.41, 5.74) is 1.34. The molecule has 132 valence electrons. The lowest BCUT2D eigenvalue weighted by Gasteiger charge is -2.11. The zero-order valence-corrected chi connectivity index (χ0v) is 15.6. The fraction of sp³-hybridized carbons (Fsp3) is 0.222. The molecule has 2 aromatic carbocycles. The van der Waals surface area contributed by atoms with E-state index in [9.17, 15) is 9.59 Å². The Morgan fingerprint density at radius 1 is 0.960 bits per heavy atom. The molecule has 0 unspecified atom stereocenters. The van der Waals surface area contributed by atoms with Crippen molar-refractivity contribution in [1.29, 1.82) is 0 Å². The Morgan fingerprint density at radius 2 is 1.52 bits per heavy atom. The van der Waals surface area contributed by atoms with Gasteiger partial charge < -0.3 is 16.0 Å². The van der Waals surface area contributed by atoms with E-state index in [1.165, 1.54) is 11.8 Å². The van der Waals surface area contributed by atoms with E-state index < -0.39 is 0 Å². The van der Waals surface area contributed by atoms with E-state index in [4.69, 9.17) is 11.6 Å². The third-order valence-electron chi connectivity index (χ3n) is 3.03. The number of anilines is 2. The highest BCUT2D eigenvalue weighted by molar-refractivity contribution is 8.00. The summed E-state index contributed by atoms with van der Waals surface area (Å²) in [7, 11) is 0. The molecule has 0 radical (unpaired) electrons. The molecule has 0 aliphatic heterocycles. The Bertz CT molecular complexity index is 718. The molecule has 5 nitrogen and oxygen atoms in total. The van der Waals surface area contributed by atoms with Crippen molar-refractivity contribution in [3.8, 4) is 0 Å². The van der Waals surface area contributed by atoms with Crippen LogP contribution in [-0.2, 0) is 4.79 Å². The molecule has 0 spiro atoms. The van der Waals surface area contributed by atoms with E-state index in [2.05, 4.69) is 16.0 Å². The van der Waals surface area contributed by atoms with Crippen molar-refractivity contribution in [3.05, 3.63) is 53.6 Å². The van der Waals surface area contributed by atoms with Crippen LogP contribution in [0.25, 0.3) is 0 Å². The molecule has 0 heterocycles. The zero-order valence-electron chi connectivity index (χ0n) is 14.0. The van der Waals surface area contributed by atoms with Gasteiger partial charge in [-0.15, -0.1) is 11.8 Å². The molecular weight excluding hydrogens is 358 g/mol. The van der Waals surface area contributed by atoms with Crippen LogP contribution in [0.15, 0.2) is 53.4 Å². The van der Waals surface area contributed by atoms with Crippen LogP contribution in [0.4, 0.5) is 16.2 Å². The molecule has 0 bridgehead atoms. The van der Waals surface area contributed by atoms with Gasteiger partial charge in [0.2, 0.25) is 5.91 Å². The van der Waals surface area contributed by atoms with Gasteiger partial charge in [-0.25, -0.2) is 4.79 Å². The normalized spacial score (nSPS) is 10.4. The van der Waals surface area contributed by atoms with Crippen LogP contribution in [0.2, 0.25) is 5.02 Å². The van der Waals surface area contributed by atoms with Crippen molar-refractivity contribution in [2.75, 3.05) is 16.4 Å². The summed E-state index contributed by atoms with van der Waals surface area (Å²) in [6, 6.07) is 14.1. The van der Waals surface area contributed by atoms with Crippen LogP contribution in [0, 0.1) is 0 Å². The number of benzene rings is 2. The SMILES string of the molecule is CC(C)NC(=O)Nc1ccc(NC(=O)CSc2ccc(Cl)cc2)cc1. The predicted molar refractivity (Wildman–Crippen MR) is 105 cm³/mol. The Hall–Kier alpha value is -2.18. The third kappa shape index (κ3) is 7.07. The van der Waals surface area contributed by atoms with Gasteiger partial charge in [0, 0.05) is 27.3 Å². The minimum absolute atomic E-state index is 0.0664. The molecule has 3 amide bonds. The maximum absolute atomic E-state index is 12.0. The lowest BCUT2D eigenvalue weighted by atomic mass is 10.3. The average molecular weight is 378 g/mol. The van der Waals surface area contributed by atoms with Gasteiger partial charge in [0.15, 0.2) is 0 Å². The number of nitrogens with one attached hydrogen (secondary N) is 3. The highest BCUT2D eigenvalue weighted by Crippen LogP contribution is 2.21. The molecule has 0 aromatic heterocycles. The standard InChI is InChI=1S/C18H20ClN3O2S/c1-12(2)20-18(24)22-15-7-5-14(6-8-15)21-17(23)11-25-16-9-3-13(19)4-10-16/h3-10,12H,11H2,1-2H3,(H,21,23)(H2,20,22,24). The predicted octanol–water partition coefficient (Wildman–Crippen LogP) is 4.60. The molecule has 3 N–H and O–H groups in total. The fourth-order valence-corrected chi connectivity index (χ4v) is 2.77. The van der Waals surface area contributed by atoms with Crippen molar-refractivity contribution in [1.82, 2.24) is 5.32 Å². The zero-order chi connectivity index (χ0) is 18.2. The summed E-state index contributed by atoms with van der Waals surface area (Å²) in [6.45, 7) is 3.78. The molecular formula is C18H20ClN3O2S. The van der Waals surface area contributed by atoms with E-state index in [0.29, 0.717) is 22.2 Å². The van der Waals surface area contributed by atoms with Crippen molar-refractivity contribution >= 4 is 46.7 Å². The molecule has 0 saturated heterocycles. The van der Waals surface area contributed by atoms with Crippen LogP contribution in [0.5, 0.6) is 0 Å². The Labute approximate surface area is 156 Å². The number of hydrogen-bond donors (Lipinski definition) is 3. The second-order valence-corrected chi connectivity index (χ2v) is 7.11. The topological polar surface area (TPSA) is 70.2 Å². The molecule has 25 heavy (non-hydrogen) atoms. The molecule has 0 aliphatic carbocycles. The summed E-state index contributed by atoms with van der Waals surface area (Å²) < 4.78 is 0. The first kappa shape index (κ1) is 19.1. The summed E-state index contributed by atoms with van der Waals surface area (Å²) in [4.78, 5) is 24.6. The van der Waals surface area contributed by atoms with Gasteiger partial charge in [0.1, 0.15) is 0 Å². The number of halogens is 1. The Morgan fingerprint density at radius 3 is 2.08 bits per heavy atom. The molecule has 2 rings (SSSR count). The van der Waals surface area contributed by atoms with Crippen molar-refractivity contribution < 1.29 is 9.59 Å². The smallest absolute Gasteiger partial charge is 0.319 e. The van der Waals surface area contributed by atoms with E-state index in [-0.39, 0.29) is 18.0 Å². The summed E-state index contributed by atoms with van der Waals surface area (Å²) in [5.74, 6) is 0.205. The van der Waals surface area contributed by atoms with Gasteiger partial charge in [0.25, 0.3) is 0 Å². The number of thioether (sulfide) groups is 1. The summed E-state index contributed by atoms with van der Waals surface area (Å²) in [6.07, 6.45) is 0. The molecule has 2 aromatic rings. The molecule has 7 heteroatoms. The van der Waals surface area contributed by atoms with Crippen LogP contribution in [0.1, 0.15) is 13.8 Å². The average Bonchev–Trinajstić information content (AvgIpc) is 2.55. The fourth-order valence-electron chi connectivity index (χ4n) is 1.94. The van der Waals surface area contributed by atoms with Crippen LogP contribution >= 0.6 is 23.4 Å². The maximum Gasteiger partial charge on any atom is 0.319 e. The summed E-state index contributed by atoms with van der Waals surface area (Å²) in [5, 5.41) is 8.96.